The summed E-state index contributed by atoms with van der Waals surface area (Å²) >= 11 is 4.91. The highest BCUT2D eigenvalue weighted by atomic mass is 32.1. The number of hydrogen-bond donors (Lipinski definition) is 1. The van der Waals surface area contributed by atoms with Crippen LogP contribution >= 0.6 is 12.2 Å². The molecular weight excluding hydrogens is 502 g/mol. The average molecular weight is 534 g/mol. The Labute approximate surface area is 227 Å². The number of carbonyl (C=O) groups excluding carboxylic acids is 2. The predicted molar refractivity (Wildman–Crippen MR) is 147 cm³/mol. The lowest BCUT2D eigenvalue weighted by Gasteiger charge is -2.25. The average Bonchev–Trinajstić information content (AvgIpc) is 3.29. The van der Waals surface area contributed by atoms with Crippen molar-refractivity contribution in [3.8, 4) is 5.75 Å². The number of nitrogens with two attached hydrogens (primary N) is 1. The largest absolute Gasteiger partial charge is 0.493 e. The van der Waals surface area contributed by atoms with Gasteiger partial charge in [-0.05, 0) is 59.9 Å². The maximum atomic E-state index is 13.4. The van der Waals surface area contributed by atoms with Crippen molar-refractivity contribution in [3.05, 3.63) is 95.3 Å². The van der Waals surface area contributed by atoms with E-state index >= 15 is 0 Å². The Morgan fingerprint density at radius 1 is 1.11 bits per heavy atom. The van der Waals surface area contributed by atoms with Crippen molar-refractivity contribution in [2.45, 2.75) is 44.8 Å². The van der Waals surface area contributed by atoms with E-state index in [0.717, 1.165) is 28.1 Å². The summed E-state index contributed by atoms with van der Waals surface area (Å²) < 4.78 is 16.6. The normalized spacial score (nSPS) is 15.6. The second-order valence-electron chi connectivity index (χ2n) is 9.01. The first-order valence-electron chi connectivity index (χ1n) is 12.6. The third-order valence-corrected chi connectivity index (χ3v) is 6.41. The standard InChI is InChI=1S/C29H31N3O5S/c1-2-20-8-11-23(31-18-20)14-15-35-25-12-9-22(10-13-25)17-26(37-28(30)38)27(33)32-24(19-36-29(32)34)16-21-6-4-3-5-7-21/h3-13,18,24,26H,2,14-17,19H2,1H3,(H2,30,38). The molecule has 2 amide bonds. The third-order valence-electron chi connectivity index (χ3n) is 6.31. The van der Waals surface area contributed by atoms with Crippen LogP contribution in [0.15, 0.2) is 72.9 Å². The Bertz CT molecular complexity index is 1240. The van der Waals surface area contributed by atoms with Gasteiger partial charge in [-0.25, -0.2) is 9.69 Å². The monoisotopic (exact) mass is 533 g/mol. The fraction of sp³-hybridized carbons (Fsp3) is 0.310. The molecule has 0 saturated carbocycles. The molecule has 2 atom stereocenters. The Balaban J connectivity index is 1.37. The van der Waals surface area contributed by atoms with E-state index in [1.165, 1.54) is 5.56 Å². The minimum absolute atomic E-state index is 0.115. The van der Waals surface area contributed by atoms with Gasteiger partial charge in [-0.3, -0.25) is 9.78 Å². The van der Waals surface area contributed by atoms with Gasteiger partial charge < -0.3 is 19.9 Å². The first kappa shape index (κ1) is 27.1. The Morgan fingerprint density at radius 2 is 1.84 bits per heavy atom. The molecule has 3 aromatic rings. The van der Waals surface area contributed by atoms with E-state index < -0.39 is 24.1 Å². The van der Waals surface area contributed by atoms with Crippen molar-refractivity contribution in [3.63, 3.8) is 0 Å². The van der Waals surface area contributed by atoms with E-state index in [2.05, 4.69) is 18.0 Å². The lowest BCUT2D eigenvalue weighted by Crippen LogP contribution is -2.48. The summed E-state index contributed by atoms with van der Waals surface area (Å²) in [6.45, 7) is 2.70. The fourth-order valence-electron chi connectivity index (χ4n) is 4.26. The summed E-state index contributed by atoms with van der Waals surface area (Å²) in [5, 5.41) is -0.268. The van der Waals surface area contributed by atoms with E-state index in [9.17, 15) is 9.59 Å². The number of pyridine rings is 1. The molecule has 38 heavy (non-hydrogen) atoms. The second-order valence-corrected chi connectivity index (χ2v) is 9.41. The van der Waals surface area contributed by atoms with Gasteiger partial charge in [0, 0.05) is 24.7 Å². The summed E-state index contributed by atoms with van der Waals surface area (Å²) in [4.78, 5) is 31.5. The van der Waals surface area contributed by atoms with E-state index in [4.69, 9.17) is 32.2 Å². The van der Waals surface area contributed by atoms with E-state index in [1.807, 2.05) is 66.9 Å². The van der Waals surface area contributed by atoms with Crippen molar-refractivity contribution in [2.75, 3.05) is 13.2 Å². The molecule has 1 aromatic heterocycles. The van der Waals surface area contributed by atoms with Crippen LogP contribution in [-0.4, -0.2) is 52.4 Å². The molecule has 1 saturated heterocycles. The van der Waals surface area contributed by atoms with Crippen molar-refractivity contribution >= 4 is 29.4 Å². The second kappa shape index (κ2) is 13.0. The van der Waals surface area contributed by atoms with Gasteiger partial charge in [0.05, 0.1) is 12.6 Å². The summed E-state index contributed by atoms with van der Waals surface area (Å²) in [6, 6.07) is 20.6. The molecule has 8 nitrogen and oxygen atoms in total. The molecule has 2 aromatic carbocycles. The number of aryl methyl sites for hydroxylation is 1. The van der Waals surface area contributed by atoms with Crippen molar-refractivity contribution in [1.29, 1.82) is 0 Å². The summed E-state index contributed by atoms with van der Waals surface area (Å²) in [7, 11) is 0. The van der Waals surface area contributed by atoms with Gasteiger partial charge in [-0.1, -0.05) is 55.5 Å². The number of amides is 2. The minimum Gasteiger partial charge on any atom is -0.493 e. The number of cyclic esters (lactones) is 1. The van der Waals surface area contributed by atoms with Gasteiger partial charge in [0.15, 0.2) is 6.10 Å². The maximum absolute atomic E-state index is 13.4. The quantitative estimate of drug-likeness (QED) is 0.369. The van der Waals surface area contributed by atoms with E-state index in [1.54, 1.807) is 0 Å². The van der Waals surface area contributed by atoms with Crippen LogP contribution in [-0.2, 0) is 40.0 Å². The van der Waals surface area contributed by atoms with Gasteiger partial charge in [-0.2, -0.15) is 0 Å². The number of nitrogens with zero attached hydrogens (tertiary/aromatic N) is 2. The molecule has 2 heterocycles. The van der Waals surface area contributed by atoms with Crippen molar-refractivity contribution in [1.82, 2.24) is 9.88 Å². The van der Waals surface area contributed by atoms with Crippen LogP contribution in [0.1, 0.15) is 29.3 Å². The number of benzene rings is 2. The van der Waals surface area contributed by atoms with Crippen molar-refractivity contribution < 1.29 is 23.8 Å². The van der Waals surface area contributed by atoms with Gasteiger partial charge >= 0.3 is 6.09 Å². The highest BCUT2D eigenvalue weighted by Crippen LogP contribution is 2.22. The molecular formula is C29H31N3O5S. The molecule has 1 aliphatic heterocycles. The van der Waals surface area contributed by atoms with Crippen LogP contribution in [0, 0.1) is 0 Å². The van der Waals surface area contributed by atoms with Crippen molar-refractivity contribution in [2.24, 2.45) is 5.73 Å². The molecule has 0 spiro atoms. The highest BCUT2D eigenvalue weighted by molar-refractivity contribution is 7.80. The van der Waals surface area contributed by atoms with Crippen LogP contribution in [0.3, 0.4) is 0 Å². The lowest BCUT2D eigenvalue weighted by molar-refractivity contribution is -0.137. The number of rotatable bonds is 11. The first-order valence-corrected chi connectivity index (χ1v) is 13.0. The van der Waals surface area contributed by atoms with E-state index in [-0.39, 0.29) is 18.2 Å². The topological polar surface area (TPSA) is 104 Å². The number of hydrogen-bond acceptors (Lipinski definition) is 7. The minimum atomic E-state index is -1.07. The number of aromatic nitrogens is 1. The smallest absolute Gasteiger partial charge is 0.417 e. The number of imide groups is 1. The zero-order valence-corrected chi connectivity index (χ0v) is 22.1. The number of ether oxygens (including phenoxy) is 3. The molecule has 0 bridgehead atoms. The van der Waals surface area contributed by atoms with E-state index in [0.29, 0.717) is 25.2 Å². The molecule has 1 fully saturated rings. The van der Waals surface area contributed by atoms with Gasteiger partial charge in [0.2, 0.25) is 0 Å². The Hall–Kier alpha value is -3.98. The van der Waals surface area contributed by atoms with Gasteiger partial charge in [0.1, 0.15) is 12.4 Å². The lowest BCUT2D eigenvalue weighted by atomic mass is 10.0. The first-order chi connectivity index (χ1) is 18.4. The zero-order valence-electron chi connectivity index (χ0n) is 21.2. The predicted octanol–water partition coefficient (Wildman–Crippen LogP) is 4.03. The van der Waals surface area contributed by atoms with Crippen LogP contribution in [0.4, 0.5) is 4.79 Å². The molecule has 9 heteroatoms. The zero-order chi connectivity index (χ0) is 26.9. The van der Waals surface area contributed by atoms with Crippen LogP contribution in [0.25, 0.3) is 0 Å². The Morgan fingerprint density at radius 3 is 2.50 bits per heavy atom. The summed E-state index contributed by atoms with van der Waals surface area (Å²) in [5.41, 5.74) is 9.59. The number of thiocarbonyl (C=S) groups is 1. The molecule has 1 aliphatic rings. The fourth-order valence-corrected chi connectivity index (χ4v) is 4.38. The molecule has 2 N–H and O–H groups in total. The summed E-state index contributed by atoms with van der Waals surface area (Å²) in [5.74, 6) is 0.159. The SMILES string of the molecule is CCc1ccc(CCOc2ccc(CC(OC(N)=S)C(=O)N3C(=O)OCC3Cc3ccccc3)cc2)nc1. The Kier molecular flexibility index (Phi) is 9.26. The summed E-state index contributed by atoms with van der Waals surface area (Å²) in [6.07, 6.45) is 2.42. The molecule has 2 unspecified atom stereocenters. The molecule has 0 aliphatic carbocycles. The van der Waals surface area contributed by atoms with Crippen LogP contribution in [0.2, 0.25) is 0 Å². The highest BCUT2D eigenvalue weighted by Gasteiger charge is 2.41. The van der Waals surface area contributed by atoms with Gasteiger partial charge in [0.25, 0.3) is 11.1 Å². The third kappa shape index (κ3) is 7.29. The number of carbonyl (C=O) groups is 2. The molecule has 0 radical (unpaired) electrons. The molecule has 198 valence electrons. The maximum Gasteiger partial charge on any atom is 0.417 e. The van der Waals surface area contributed by atoms with Crippen LogP contribution < -0.4 is 10.5 Å². The van der Waals surface area contributed by atoms with Gasteiger partial charge in [-0.15, -0.1) is 0 Å². The van der Waals surface area contributed by atoms with Crippen LogP contribution in [0.5, 0.6) is 5.75 Å². The molecule has 4 rings (SSSR count).